The SMILES string of the molecule is OCC=Cc1ccc(Cl)c(CCl)c1. The lowest BCUT2D eigenvalue weighted by Crippen LogP contribution is -1.82. The minimum Gasteiger partial charge on any atom is -0.392 e. The van der Waals surface area contributed by atoms with Gasteiger partial charge in [-0.3, -0.25) is 0 Å². The van der Waals surface area contributed by atoms with Crippen LogP contribution >= 0.6 is 23.2 Å². The van der Waals surface area contributed by atoms with Crippen LogP contribution in [0.2, 0.25) is 5.02 Å². The number of hydrogen-bond donors (Lipinski definition) is 1. The first kappa shape index (κ1) is 10.6. The summed E-state index contributed by atoms with van der Waals surface area (Å²) in [6.07, 6.45) is 3.49. The predicted molar refractivity (Wildman–Crippen MR) is 57.1 cm³/mol. The van der Waals surface area contributed by atoms with Gasteiger partial charge in [0, 0.05) is 10.9 Å². The van der Waals surface area contributed by atoms with E-state index in [-0.39, 0.29) is 6.61 Å². The van der Waals surface area contributed by atoms with Gasteiger partial charge in [-0.25, -0.2) is 0 Å². The Kier molecular flexibility index (Phi) is 4.29. The Balaban J connectivity index is 2.92. The Morgan fingerprint density at radius 2 is 2.15 bits per heavy atom. The van der Waals surface area contributed by atoms with Crippen molar-refractivity contribution in [2.45, 2.75) is 5.88 Å². The van der Waals surface area contributed by atoms with E-state index in [0.717, 1.165) is 11.1 Å². The zero-order valence-corrected chi connectivity index (χ0v) is 8.52. The maximum Gasteiger partial charge on any atom is 0.0615 e. The number of rotatable bonds is 3. The molecule has 0 amide bonds. The molecule has 0 bridgehead atoms. The Morgan fingerprint density at radius 3 is 2.77 bits per heavy atom. The van der Waals surface area contributed by atoms with Crippen molar-refractivity contribution in [3.63, 3.8) is 0 Å². The van der Waals surface area contributed by atoms with E-state index in [9.17, 15) is 0 Å². The van der Waals surface area contributed by atoms with E-state index in [0.29, 0.717) is 10.9 Å². The Bertz CT molecular complexity index is 308. The van der Waals surface area contributed by atoms with Crippen LogP contribution in [0, 0.1) is 0 Å². The lowest BCUT2D eigenvalue weighted by molar-refractivity contribution is 0.343. The molecule has 0 spiro atoms. The quantitative estimate of drug-likeness (QED) is 0.771. The summed E-state index contributed by atoms with van der Waals surface area (Å²) in [5.74, 6) is 0.402. The standard InChI is InChI=1S/C10H10Cl2O/c11-7-9-6-8(2-1-5-13)3-4-10(9)12/h1-4,6,13H,5,7H2. The van der Waals surface area contributed by atoms with Gasteiger partial charge in [0.2, 0.25) is 0 Å². The molecule has 0 aliphatic heterocycles. The van der Waals surface area contributed by atoms with Gasteiger partial charge >= 0.3 is 0 Å². The van der Waals surface area contributed by atoms with Gasteiger partial charge < -0.3 is 5.11 Å². The van der Waals surface area contributed by atoms with E-state index >= 15 is 0 Å². The van der Waals surface area contributed by atoms with Gasteiger partial charge in [-0.15, -0.1) is 11.6 Å². The molecule has 0 saturated carbocycles. The first-order valence-corrected chi connectivity index (χ1v) is 4.81. The summed E-state index contributed by atoms with van der Waals surface area (Å²) in [5, 5.41) is 9.25. The monoisotopic (exact) mass is 216 g/mol. The molecule has 1 nitrogen and oxygen atoms in total. The van der Waals surface area contributed by atoms with Crippen LogP contribution < -0.4 is 0 Å². The number of alkyl halides is 1. The second-order valence-electron chi connectivity index (χ2n) is 2.57. The van der Waals surface area contributed by atoms with Crippen molar-refractivity contribution in [3.05, 3.63) is 40.4 Å². The maximum absolute atomic E-state index is 8.57. The molecule has 0 heterocycles. The number of benzene rings is 1. The molecule has 0 aliphatic carbocycles. The molecule has 3 heteroatoms. The fourth-order valence-electron chi connectivity index (χ4n) is 0.990. The highest BCUT2D eigenvalue weighted by molar-refractivity contribution is 6.32. The first-order valence-electron chi connectivity index (χ1n) is 3.89. The van der Waals surface area contributed by atoms with Crippen LogP contribution in [0.3, 0.4) is 0 Å². The zero-order chi connectivity index (χ0) is 9.68. The van der Waals surface area contributed by atoms with Crippen molar-refractivity contribution >= 4 is 29.3 Å². The fourth-order valence-corrected chi connectivity index (χ4v) is 1.46. The highest BCUT2D eigenvalue weighted by Crippen LogP contribution is 2.19. The molecule has 0 aliphatic rings. The minimum atomic E-state index is 0.0405. The van der Waals surface area contributed by atoms with Crippen molar-refractivity contribution in [3.8, 4) is 0 Å². The van der Waals surface area contributed by atoms with Gasteiger partial charge in [0.15, 0.2) is 0 Å². The summed E-state index contributed by atoms with van der Waals surface area (Å²) in [6.45, 7) is 0.0405. The van der Waals surface area contributed by atoms with Crippen LogP contribution in [0.1, 0.15) is 11.1 Å². The van der Waals surface area contributed by atoms with Gasteiger partial charge in [-0.1, -0.05) is 29.8 Å². The molecule has 0 aromatic heterocycles. The number of aliphatic hydroxyl groups excluding tert-OH is 1. The fraction of sp³-hybridized carbons (Fsp3) is 0.200. The first-order chi connectivity index (χ1) is 6.27. The predicted octanol–water partition coefficient (Wildman–Crippen LogP) is 3.08. The van der Waals surface area contributed by atoms with Crippen molar-refractivity contribution in [2.24, 2.45) is 0 Å². The topological polar surface area (TPSA) is 20.2 Å². The third kappa shape index (κ3) is 3.03. The van der Waals surface area contributed by atoms with E-state index in [4.69, 9.17) is 28.3 Å². The average molecular weight is 217 g/mol. The van der Waals surface area contributed by atoms with Crippen molar-refractivity contribution < 1.29 is 5.11 Å². The van der Waals surface area contributed by atoms with Crippen LogP contribution in [-0.2, 0) is 5.88 Å². The van der Waals surface area contributed by atoms with Gasteiger partial charge in [0.1, 0.15) is 0 Å². The van der Waals surface area contributed by atoms with Gasteiger partial charge in [0.05, 0.1) is 6.61 Å². The van der Waals surface area contributed by atoms with Crippen LogP contribution in [0.15, 0.2) is 24.3 Å². The molecule has 0 unspecified atom stereocenters. The second-order valence-corrected chi connectivity index (χ2v) is 3.24. The van der Waals surface area contributed by atoms with E-state index in [1.165, 1.54) is 0 Å². The molecular formula is C10H10Cl2O. The molecule has 0 atom stereocenters. The van der Waals surface area contributed by atoms with Crippen LogP contribution in [0.5, 0.6) is 0 Å². The van der Waals surface area contributed by atoms with Crippen molar-refractivity contribution in [2.75, 3.05) is 6.61 Å². The molecular weight excluding hydrogens is 207 g/mol. The van der Waals surface area contributed by atoms with Crippen LogP contribution in [0.25, 0.3) is 6.08 Å². The Hall–Kier alpha value is -0.500. The van der Waals surface area contributed by atoms with E-state index < -0.39 is 0 Å². The summed E-state index contributed by atoms with van der Waals surface area (Å²) < 4.78 is 0. The molecule has 1 aromatic rings. The summed E-state index contributed by atoms with van der Waals surface area (Å²) >= 11 is 11.6. The molecule has 0 fully saturated rings. The number of hydrogen-bond acceptors (Lipinski definition) is 1. The molecule has 1 aromatic carbocycles. The zero-order valence-electron chi connectivity index (χ0n) is 7.00. The summed E-state index contributed by atoms with van der Waals surface area (Å²) in [4.78, 5) is 0. The van der Waals surface area contributed by atoms with Gasteiger partial charge in [0.25, 0.3) is 0 Å². The smallest absolute Gasteiger partial charge is 0.0615 e. The van der Waals surface area contributed by atoms with E-state index in [2.05, 4.69) is 0 Å². The number of halogens is 2. The molecule has 70 valence electrons. The van der Waals surface area contributed by atoms with Crippen molar-refractivity contribution in [1.29, 1.82) is 0 Å². The highest BCUT2D eigenvalue weighted by Gasteiger charge is 1.98. The second kappa shape index (κ2) is 5.28. The third-order valence-electron chi connectivity index (χ3n) is 1.63. The summed E-state index contributed by atoms with van der Waals surface area (Å²) in [6, 6.07) is 5.59. The average Bonchev–Trinajstić information content (AvgIpc) is 2.16. The lowest BCUT2D eigenvalue weighted by atomic mass is 10.1. The van der Waals surface area contributed by atoms with E-state index in [1.807, 2.05) is 18.2 Å². The molecule has 13 heavy (non-hydrogen) atoms. The third-order valence-corrected chi connectivity index (χ3v) is 2.29. The Labute approximate surface area is 87.6 Å². The molecule has 0 saturated heterocycles. The largest absolute Gasteiger partial charge is 0.392 e. The van der Waals surface area contributed by atoms with E-state index in [1.54, 1.807) is 12.1 Å². The lowest BCUT2D eigenvalue weighted by Gasteiger charge is -2.00. The molecule has 0 radical (unpaired) electrons. The number of aliphatic hydroxyl groups is 1. The molecule has 1 N–H and O–H groups in total. The summed E-state index contributed by atoms with van der Waals surface area (Å²) in [7, 11) is 0. The molecule has 1 rings (SSSR count). The van der Waals surface area contributed by atoms with Crippen LogP contribution in [0.4, 0.5) is 0 Å². The van der Waals surface area contributed by atoms with Crippen molar-refractivity contribution in [1.82, 2.24) is 0 Å². The van der Waals surface area contributed by atoms with Gasteiger partial charge in [-0.05, 0) is 23.3 Å². The van der Waals surface area contributed by atoms with Gasteiger partial charge in [-0.2, -0.15) is 0 Å². The summed E-state index contributed by atoms with van der Waals surface area (Å²) in [5.41, 5.74) is 1.90. The normalized spacial score (nSPS) is 11.0. The minimum absolute atomic E-state index is 0.0405. The highest BCUT2D eigenvalue weighted by atomic mass is 35.5. The Morgan fingerprint density at radius 1 is 1.38 bits per heavy atom. The maximum atomic E-state index is 8.57. The van der Waals surface area contributed by atoms with Crippen LogP contribution in [-0.4, -0.2) is 11.7 Å².